The van der Waals surface area contributed by atoms with Gasteiger partial charge in [0.25, 0.3) is 0 Å². The highest BCUT2D eigenvalue weighted by molar-refractivity contribution is 9.09. The van der Waals surface area contributed by atoms with Gasteiger partial charge in [-0.2, -0.15) is 13.2 Å². The molecule has 0 saturated heterocycles. The molecule has 0 spiro atoms. The zero-order valence-electron chi connectivity index (χ0n) is 9.47. The zero-order chi connectivity index (χ0) is 13.2. The van der Waals surface area contributed by atoms with Crippen LogP contribution in [0.1, 0.15) is 16.0 Å². The van der Waals surface area contributed by atoms with Gasteiger partial charge in [0, 0.05) is 6.42 Å². The van der Waals surface area contributed by atoms with Crippen LogP contribution in [0.2, 0.25) is 0 Å². The molecule has 1 aliphatic heterocycles. The molecule has 0 bridgehead atoms. The largest absolute Gasteiger partial charge is 0.493 e. The van der Waals surface area contributed by atoms with Crippen LogP contribution in [0.5, 0.6) is 5.75 Å². The highest BCUT2D eigenvalue weighted by Gasteiger charge is 2.28. The van der Waals surface area contributed by atoms with Crippen LogP contribution in [0.15, 0.2) is 18.2 Å². The minimum absolute atomic E-state index is 0.0147. The summed E-state index contributed by atoms with van der Waals surface area (Å²) in [6.07, 6.45) is -3.44. The van der Waals surface area contributed by atoms with Gasteiger partial charge in [-0.1, -0.05) is 28.1 Å². The fourth-order valence-corrected chi connectivity index (χ4v) is 2.25. The van der Waals surface area contributed by atoms with Gasteiger partial charge in [0.2, 0.25) is 0 Å². The summed E-state index contributed by atoms with van der Waals surface area (Å²) in [7, 11) is 0. The van der Waals surface area contributed by atoms with Gasteiger partial charge in [-0.3, -0.25) is 0 Å². The van der Waals surface area contributed by atoms with Crippen molar-refractivity contribution in [2.45, 2.75) is 17.4 Å². The van der Waals surface area contributed by atoms with E-state index in [0.29, 0.717) is 6.61 Å². The smallest absolute Gasteiger partial charge is 0.411 e. The van der Waals surface area contributed by atoms with Crippen molar-refractivity contribution in [3.63, 3.8) is 0 Å². The third kappa shape index (κ3) is 3.62. The number of benzene rings is 1. The van der Waals surface area contributed by atoms with Crippen LogP contribution in [-0.2, 0) is 11.2 Å². The van der Waals surface area contributed by atoms with Crippen LogP contribution in [-0.4, -0.2) is 26.0 Å². The van der Waals surface area contributed by atoms with E-state index in [1.54, 1.807) is 0 Å². The standard InChI is InChI=1S/C12H12BrF3O2/c13-10(6-17-7-12(14,15)16)8-1-2-11-9(5-8)3-4-18-11/h1-2,5,10H,3-4,6-7H2. The molecule has 0 amide bonds. The summed E-state index contributed by atoms with van der Waals surface area (Å²) in [6, 6.07) is 5.62. The van der Waals surface area contributed by atoms with Gasteiger partial charge in [0.05, 0.1) is 18.0 Å². The van der Waals surface area contributed by atoms with Crippen LogP contribution >= 0.6 is 15.9 Å². The van der Waals surface area contributed by atoms with Crippen molar-refractivity contribution in [3.8, 4) is 5.75 Å². The molecule has 100 valence electrons. The number of hydrogen-bond donors (Lipinski definition) is 0. The van der Waals surface area contributed by atoms with Gasteiger partial charge in [-0.25, -0.2) is 0 Å². The van der Waals surface area contributed by atoms with Gasteiger partial charge in [-0.05, 0) is 17.2 Å². The molecule has 1 unspecified atom stereocenters. The van der Waals surface area contributed by atoms with Crippen LogP contribution in [0.25, 0.3) is 0 Å². The zero-order valence-corrected chi connectivity index (χ0v) is 11.1. The van der Waals surface area contributed by atoms with Crippen molar-refractivity contribution in [1.29, 1.82) is 0 Å². The molecule has 2 rings (SSSR count). The van der Waals surface area contributed by atoms with Crippen LogP contribution in [0.3, 0.4) is 0 Å². The van der Waals surface area contributed by atoms with E-state index in [0.717, 1.165) is 23.3 Å². The summed E-state index contributed by atoms with van der Waals surface area (Å²) in [5.74, 6) is 0.856. The Hall–Kier alpha value is -0.750. The number of alkyl halides is 4. The Balaban J connectivity index is 1.91. The van der Waals surface area contributed by atoms with E-state index in [1.807, 2.05) is 18.2 Å². The molecule has 1 heterocycles. The van der Waals surface area contributed by atoms with E-state index < -0.39 is 12.8 Å². The maximum absolute atomic E-state index is 11.9. The van der Waals surface area contributed by atoms with Gasteiger partial charge < -0.3 is 9.47 Å². The first kappa shape index (κ1) is 13.7. The second-order valence-electron chi connectivity index (χ2n) is 4.06. The number of fused-ring (bicyclic) bond motifs is 1. The first-order valence-corrected chi connectivity index (χ1v) is 6.41. The highest BCUT2D eigenvalue weighted by atomic mass is 79.9. The Morgan fingerprint density at radius 2 is 2.17 bits per heavy atom. The fraction of sp³-hybridized carbons (Fsp3) is 0.500. The number of hydrogen-bond acceptors (Lipinski definition) is 2. The first-order valence-electron chi connectivity index (χ1n) is 5.50. The molecule has 0 saturated carbocycles. The lowest BCUT2D eigenvalue weighted by Gasteiger charge is -2.13. The third-order valence-corrected chi connectivity index (χ3v) is 3.40. The normalized spacial score (nSPS) is 16.2. The van der Waals surface area contributed by atoms with E-state index in [9.17, 15) is 13.2 Å². The molecule has 1 aromatic carbocycles. The maximum atomic E-state index is 11.9. The Bertz CT molecular complexity index is 420. The van der Waals surface area contributed by atoms with Gasteiger partial charge in [0.1, 0.15) is 12.4 Å². The topological polar surface area (TPSA) is 18.5 Å². The van der Waals surface area contributed by atoms with Gasteiger partial charge in [0.15, 0.2) is 0 Å². The Morgan fingerprint density at radius 3 is 2.89 bits per heavy atom. The Morgan fingerprint density at radius 1 is 1.39 bits per heavy atom. The van der Waals surface area contributed by atoms with E-state index in [1.165, 1.54) is 0 Å². The van der Waals surface area contributed by atoms with Crippen LogP contribution in [0, 0.1) is 0 Å². The summed E-state index contributed by atoms with van der Waals surface area (Å²) < 4.78 is 45.8. The molecule has 0 aliphatic carbocycles. The Labute approximate surface area is 111 Å². The molecule has 1 atom stereocenters. The molecule has 1 aliphatic rings. The molecular weight excluding hydrogens is 313 g/mol. The number of ether oxygens (including phenoxy) is 2. The lowest BCUT2D eigenvalue weighted by atomic mass is 10.1. The molecule has 0 N–H and O–H groups in total. The molecule has 0 radical (unpaired) electrons. The molecule has 6 heteroatoms. The van der Waals surface area contributed by atoms with E-state index in [-0.39, 0.29) is 11.4 Å². The van der Waals surface area contributed by atoms with E-state index in [4.69, 9.17) is 4.74 Å². The fourth-order valence-electron chi connectivity index (χ4n) is 1.78. The molecule has 18 heavy (non-hydrogen) atoms. The predicted octanol–water partition coefficient (Wildman–Crippen LogP) is 3.64. The molecular formula is C12H12BrF3O2. The average Bonchev–Trinajstić information content (AvgIpc) is 2.73. The van der Waals surface area contributed by atoms with Crippen LogP contribution < -0.4 is 4.74 Å². The quantitative estimate of drug-likeness (QED) is 0.787. The molecule has 1 aromatic rings. The lowest BCUT2D eigenvalue weighted by Crippen LogP contribution is -2.18. The van der Waals surface area contributed by atoms with Crippen molar-refractivity contribution in [2.75, 3.05) is 19.8 Å². The predicted molar refractivity (Wildman–Crippen MR) is 64.2 cm³/mol. The van der Waals surface area contributed by atoms with Crippen molar-refractivity contribution < 1.29 is 22.6 Å². The maximum Gasteiger partial charge on any atom is 0.411 e. The minimum Gasteiger partial charge on any atom is -0.493 e. The second-order valence-corrected chi connectivity index (χ2v) is 5.17. The summed E-state index contributed by atoms with van der Waals surface area (Å²) >= 11 is 3.33. The second kappa shape index (κ2) is 5.48. The van der Waals surface area contributed by atoms with Gasteiger partial charge >= 0.3 is 6.18 Å². The van der Waals surface area contributed by atoms with Crippen molar-refractivity contribution in [3.05, 3.63) is 29.3 Å². The lowest BCUT2D eigenvalue weighted by molar-refractivity contribution is -0.173. The van der Waals surface area contributed by atoms with Crippen molar-refractivity contribution in [1.82, 2.24) is 0 Å². The van der Waals surface area contributed by atoms with Crippen LogP contribution in [0.4, 0.5) is 13.2 Å². The minimum atomic E-state index is -4.28. The Kier molecular flexibility index (Phi) is 4.17. The highest BCUT2D eigenvalue weighted by Crippen LogP contribution is 2.31. The summed E-state index contributed by atoms with van der Waals surface area (Å²) in [4.78, 5) is -0.245. The van der Waals surface area contributed by atoms with Crippen molar-refractivity contribution >= 4 is 15.9 Å². The van der Waals surface area contributed by atoms with Gasteiger partial charge in [-0.15, -0.1) is 0 Å². The number of halogens is 4. The summed E-state index contributed by atoms with van der Waals surface area (Å²) in [6.45, 7) is -0.571. The molecule has 0 fully saturated rings. The third-order valence-electron chi connectivity index (χ3n) is 2.61. The average molecular weight is 325 g/mol. The molecule has 2 nitrogen and oxygen atoms in total. The summed E-state index contributed by atoms with van der Waals surface area (Å²) in [5.41, 5.74) is 1.99. The first-order chi connectivity index (χ1) is 8.46. The van der Waals surface area contributed by atoms with E-state index >= 15 is 0 Å². The number of rotatable bonds is 4. The summed E-state index contributed by atoms with van der Waals surface area (Å²) in [5, 5.41) is 0. The van der Waals surface area contributed by atoms with Crippen molar-refractivity contribution in [2.24, 2.45) is 0 Å². The molecule has 0 aromatic heterocycles. The van der Waals surface area contributed by atoms with E-state index in [2.05, 4.69) is 20.7 Å². The monoisotopic (exact) mass is 324 g/mol. The SMILES string of the molecule is FC(F)(F)COCC(Br)c1ccc2c(c1)CCO2.